The van der Waals surface area contributed by atoms with E-state index in [1.807, 2.05) is 0 Å². The smallest absolute Gasteiger partial charge is 0.250 e. The highest BCUT2D eigenvalue weighted by Gasteiger charge is 2.17. The fraction of sp³-hybridized carbons (Fsp3) is 0.333. The van der Waals surface area contributed by atoms with Gasteiger partial charge in [-0.15, -0.1) is 11.3 Å². The van der Waals surface area contributed by atoms with Crippen LogP contribution < -0.4 is 4.72 Å². The van der Waals surface area contributed by atoms with Crippen LogP contribution in [0.2, 0.25) is 0 Å². The fourth-order valence-corrected chi connectivity index (χ4v) is 3.50. The highest BCUT2D eigenvalue weighted by atomic mass is 32.2. The second-order valence-electron chi connectivity index (χ2n) is 3.59. The van der Waals surface area contributed by atoms with Gasteiger partial charge in [-0.05, 0) is 17.0 Å². The van der Waals surface area contributed by atoms with Crippen LogP contribution in [0.1, 0.15) is 11.4 Å². The van der Waals surface area contributed by atoms with Crippen molar-refractivity contribution in [1.29, 1.82) is 0 Å². The number of nitrogens with zero attached hydrogens (tertiary/aromatic N) is 3. The molecule has 0 fully saturated rings. The van der Waals surface area contributed by atoms with E-state index in [1.165, 1.54) is 17.1 Å². The third-order valence-electron chi connectivity index (χ3n) is 2.14. The molecule has 0 saturated carbocycles. The molecule has 2 aromatic rings. The standard InChI is InChI=1S/C9H12N4O3S2/c1-13-6-10-8(12-13)3-11-18(15,16)9-2-7(4-14)5-17-9/h2,5-6,11,14H,3-4H2,1H3. The maximum atomic E-state index is 11.9. The van der Waals surface area contributed by atoms with Gasteiger partial charge in [-0.1, -0.05) is 0 Å². The van der Waals surface area contributed by atoms with Crippen LogP contribution in [0, 0.1) is 0 Å². The summed E-state index contributed by atoms with van der Waals surface area (Å²) in [5, 5.41) is 14.5. The number of hydrogen-bond donors (Lipinski definition) is 2. The normalized spacial score (nSPS) is 11.9. The number of hydrogen-bond acceptors (Lipinski definition) is 6. The van der Waals surface area contributed by atoms with E-state index in [4.69, 9.17) is 5.11 Å². The molecule has 18 heavy (non-hydrogen) atoms. The molecular formula is C9H12N4O3S2. The summed E-state index contributed by atoms with van der Waals surface area (Å²) in [5.74, 6) is 0.403. The first kappa shape index (κ1) is 13.1. The number of sulfonamides is 1. The summed E-state index contributed by atoms with van der Waals surface area (Å²) in [4.78, 5) is 3.92. The van der Waals surface area contributed by atoms with Gasteiger partial charge in [-0.3, -0.25) is 4.68 Å². The molecule has 2 aromatic heterocycles. The Balaban J connectivity index is 2.07. The molecule has 0 atom stereocenters. The van der Waals surface area contributed by atoms with Gasteiger partial charge in [0.25, 0.3) is 0 Å². The Hall–Kier alpha value is -1.29. The molecule has 0 saturated heterocycles. The molecule has 0 amide bonds. The Morgan fingerprint density at radius 1 is 1.56 bits per heavy atom. The summed E-state index contributed by atoms with van der Waals surface area (Å²) >= 11 is 1.06. The van der Waals surface area contributed by atoms with Crippen LogP contribution in [-0.4, -0.2) is 28.3 Å². The molecule has 0 spiro atoms. The van der Waals surface area contributed by atoms with Crippen molar-refractivity contribution in [3.8, 4) is 0 Å². The zero-order chi connectivity index (χ0) is 13.2. The van der Waals surface area contributed by atoms with E-state index in [0.29, 0.717) is 11.4 Å². The van der Waals surface area contributed by atoms with Crippen molar-refractivity contribution < 1.29 is 13.5 Å². The van der Waals surface area contributed by atoms with Gasteiger partial charge in [0.15, 0.2) is 5.82 Å². The monoisotopic (exact) mass is 288 g/mol. The van der Waals surface area contributed by atoms with Gasteiger partial charge in [0.05, 0.1) is 13.2 Å². The average molecular weight is 288 g/mol. The highest BCUT2D eigenvalue weighted by Crippen LogP contribution is 2.20. The minimum atomic E-state index is -3.57. The Kier molecular flexibility index (Phi) is 3.76. The van der Waals surface area contributed by atoms with Crippen LogP contribution in [0.5, 0.6) is 0 Å². The van der Waals surface area contributed by atoms with E-state index < -0.39 is 10.0 Å². The molecule has 2 N–H and O–H groups in total. The fourth-order valence-electron chi connectivity index (χ4n) is 1.27. The lowest BCUT2D eigenvalue weighted by molar-refractivity contribution is 0.282. The number of rotatable bonds is 5. The van der Waals surface area contributed by atoms with E-state index in [9.17, 15) is 8.42 Å². The van der Waals surface area contributed by atoms with Crippen molar-refractivity contribution in [2.45, 2.75) is 17.4 Å². The molecule has 2 heterocycles. The maximum Gasteiger partial charge on any atom is 0.250 e. The Morgan fingerprint density at radius 2 is 2.33 bits per heavy atom. The molecule has 7 nitrogen and oxygen atoms in total. The summed E-state index contributed by atoms with van der Waals surface area (Å²) in [6.07, 6.45) is 1.50. The average Bonchev–Trinajstić information content (AvgIpc) is 2.95. The molecule has 0 radical (unpaired) electrons. The Labute approximate surface area is 108 Å². The van der Waals surface area contributed by atoms with E-state index in [-0.39, 0.29) is 17.4 Å². The summed E-state index contributed by atoms with van der Waals surface area (Å²) < 4.78 is 27.9. The third-order valence-corrected chi connectivity index (χ3v) is 5.03. The maximum absolute atomic E-state index is 11.9. The first-order valence-corrected chi connectivity index (χ1v) is 7.40. The predicted octanol–water partition coefficient (Wildman–Crippen LogP) is -0.153. The topological polar surface area (TPSA) is 97.1 Å². The van der Waals surface area contributed by atoms with Crippen molar-refractivity contribution in [3.63, 3.8) is 0 Å². The van der Waals surface area contributed by atoms with Crippen LogP contribution in [-0.2, 0) is 30.2 Å². The van der Waals surface area contributed by atoms with Crippen molar-refractivity contribution >= 4 is 21.4 Å². The van der Waals surface area contributed by atoms with Crippen LogP contribution in [0.4, 0.5) is 0 Å². The van der Waals surface area contributed by atoms with Gasteiger partial charge in [0, 0.05) is 7.05 Å². The molecule has 0 aliphatic heterocycles. The Bertz CT molecular complexity index is 632. The number of aliphatic hydroxyl groups is 1. The van der Waals surface area contributed by atoms with Gasteiger partial charge >= 0.3 is 0 Å². The van der Waals surface area contributed by atoms with Crippen molar-refractivity contribution in [2.75, 3.05) is 0 Å². The minimum Gasteiger partial charge on any atom is -0.392 e. The van der Waals surface area contributed by atoms with Gasteiger partial charge in [-0.2, -0.15) is 5.10 Å². The number of aliphatic hydroxyl groups excluding tert-OH is 1. The van der Waals surface area contributed by atoms with Crippen LogP contribution >= 0.6 is 11.3 Å². The summed E-state index contributed by atoms with van der Waals surface area (Å²) in [7, 11) is -1.86. The second kappa shape index (κ2) is 5.14. The van der Waals surface area contributed by atoms with Crippen molar-refractivity contribution in [1.82, 2.24) is 19.5 Å². The quantitative estimate of drug-likeness (QED) is 0.797. The predicted molar refractivity (Wildman–Crippen MR) is 65.3 cm³/mol. The van der Waals surface area contributed by atoms with Gasteiger partial charge in [0.2, 0.25) is 10.0 Å². The number of aromatic nitrogens is 3. The summed E-state index contributed by atoms with van der Waals surface area (Å²) in [6, 6.07) is 1.44. The first-order chi connectivity index (χ1) is 8.51. The Morgan fingerprint density at radius 3 is 2.89 bits per heavy atom. The molecule has 98 valence electrons. The largest absolute Gasteiger partial charge is 0.392 e. The second-order valence-corrected chi connectivity index (χ2v) is 6.50. The van der Waals surface area contributed by atoms with Gasteiger partial charge in [-0.25, -0.2) is 18.1 Å². The van der Waals surface area contributed by atoms with E-state index in [2.05, 4.69) is 14.8 Å². The van der Waals surface area contributed by atoms with E-state index in [0.717, 1.165) is 11.3 Å². The van der Waals surface area contributed by atoms with Crippen molar-refractivity contribution in [2.24, 2.45) is 7.05 Å². The molecule has 0 unspecified atom stereocenters. The van der Waals surface area contributed by atoms with E-state index >= 15 is 0 Å². The van der Waals surface area contributed by atoms with Gasteiger partial charge in [0.1, 0.15) is 10.5 Å². The van der Waals surface area contributed by atoms with Crippen molar-refractivity contribution in [3.05, 3.63) is 29.2 Å². The van der Waals surface area contributed by atoms with E-state index in [1.54, 1.807) is 12.4 Å². The molecule has 9 heteroatoms. The lowest BCUT2D eigenvalue weighted by Crippen LogP contribution is -2.23. The molecule has 2 rings (SSSR count). The lowest BCUT2D eigenvalue weighted by Gasteiger charge is -2.01. The lowest BCUT2D eigenvalue weighted by atomic mass is 10.4. The van der Waals surface area contributed by atoms with Crippen LogP contribution in [0.25, 0.3) is 0 Å². The molecule has 0 aliphatic carbocycles. The summed E-state index contributed by atoms with van der Waals surface area (Å²) in [5.41, 5.74) is 0.580. The number of nitrogens with one attached hydrogen (secondary N) is 1. The van der Waals surface area contributed by atoms with Crippen LogP contribution in [0.3, 0.4) is 0 Å². The SMILES string of the molecule is Cn1cnc(CNS(=O)(=O)c2cc(CO)cs2)n1. The molecule has 0 bridgehead atoms. The summed E-state index contributed by atoms with van der Waals surface area (Å²) in [6.45, 7) is -0.136. The number of aryl methyl sites for hydroxylation is 1. The molecule has 0 aromatic carbocycles. The van der Waals surface area contributed by atoms with Crippen LogP contribution in [0.15, 0.2) is 22.0 Å². The first-order valence-electron chi connectivity index (χ1n) is 5.04. The minimum absolute atomic E-state index is 0.0372. The highest BCUT2D eigenvalue weighted by molar-refractivity contribution is 7.91. The number of thiophene rings is 1. The molecular weight excluding hydrogens is 276 g/mol. The third kappa shape index (κ3) is 2.93. The zero-order valence-electron chi connectivity index (χ0n) is 9.57. The van der Waals surface area contributed by atoms with Gasteiger partial charge < -0.3 is 5.11 Å². The zero-order valence-corrected chi connectivity index (χ0v) is 11.2. The molecule has 0 aliphatic rings.